The maximum Gasteiger partial charge on any atom is 0.141 e. The van der Waals surface area contributed by atoms with Gasteiger partial charge in [-0.2, -0.15) is 0 Å². The predicted octanol–water partition coefficient (Wildman–Crippen LogP) is 2.92. The van der Waals surface area contributed by atoms with Gasteiger partial charge in [0, 0.05) is 0 Å². The molecule has 1 aromatic rings. The van der Waals surface area contributed by atoms with Gasteiger partial charge in [0.15, 0.2) is 0 Å². The number of phenolic OH excluding ortho intramolecular Hbond substituents is 1. The minimum atomic E-state index is 0.133. The molecule has 0 atom stereocenters. The fourth-order valence-electron chi connectivity index (χ4n) is 1.42. The number of phenols is 1. The molecule has 1 aromatic carbocycles. The average Bonchev–Trinajstić information content (AvgIpc) is 2.27. The molecule has 3 heteroatoms. The molecule has 80 valence electrons. The van der Waals surface area contributed by atoms with Crippen LogP contribution in [0.2, 0.25) is 0 Å². The zero-order chi connectivity index (χ0) is 11.5. The molecule has 0 spiro atoms. The van der Waals surface area contributed by atoms with Crippen LogP contribution in [0.3, 0.4) is 0 Å². The van der Waals surface area contributed by atoms with Crippen LogP contribution in [0.1, 0.15) is 5.56 Å². The first-order chi connectivity index (χ1) is 7.66. The lowest BCUT2D eigenvalue weighted by Gasteiger charge is -2.05. The molecule has 0 amide bonds. The van der Waals surface area contributed by atoms with Crippen molar-refractivity contribution in [3.05, 3.63) is 48.1 Å². The number of aromatic hydroxyl groups is 1. The van der Waals surface area contributed by atoms with Crippen molar-refractivity contribution in [2.24, 2.45) is 4.99 Å². The number of hydrogen-bond donors (Lipinski definition) is 2. The molecule has 3 nitrogen and oxygen atoms in total. The zero-order valence-corrected chi connectivity index (χ0v) is 8.94. The highest BCUT2D eigenvalue weighted by molar-refractivity contribution is 6.50. The van der Waals surface area contributed by atoms with Crippen LogP contribution in [-0.4, -0.2) is 16.5 Å². The molecule has 0 saturated carbocycles. The maximum absolute atomic E-state index is 9.63. The van der Waals surface area contributed by atoms with Gasteiger partial charge in [-0.15, -0.1) is 0 Å². The normalized spacial score (nSPS) is 17.1. The molecule has 0 aliphatic heterocycles. The standard InChI is InChI=1S/C13H12N2O/c1-9-6-7-13(16)12(8-9)15-11-5-3-2-4-10(11)14/h2-8,14,16H,1H3/b14-10?,15-11-. The fraction of sp³-hybridized carbons (Fsp3) is 0.0769. The number of rotatable bonds is 1. The van der Waals surface area contributed by atoms with Crippen molar-refractivity contribution in [2.75, 3.05) is 0 Å². The van der Waals surface area contributed by atoms with Gasteiger partial charge in [0.1, 0.15) is 11.4 Å². The molecular formula is C13H12N2O. The Morgan fingerprint density at radius 3 is 2.69 bits per heavy atom. The number of aryl methyl sites for hydroxylation is 1. The van der Waals surface area contributed by atoms with Gasteiger partial charge in [-0.05, 0) is 36.8 Å². The Kier molecular flexibility index (Phi) is 2.68. The van der Waals surface area contributed by atoms with Gasteiger partial charge in [-0.1, -0.05) is 18.2 Å². The Morgan fingerprint density at radius 1 is 1.19 bits per heavy atom. The van der Waals surface area contributed by atoms with E-state index < -0.39 is 0 Å². The second-order valence-corrected chi connectivity index (χ2v) is 3.62. The monoisotopic (exact) mass is 212 g/mol. The third-order valence-corrected chi connectivity index (χ3v) is 2.28. The van der Waals surface area contributed by atoms with E-state index in [-0.39, 0.29) is 5.75 Å². The Hall–Kier alpha value is -2.16. The quantitative estimate of drug-likeness (QED) is 0.691. The van der Waals surface area contributed by atoms with Crippen molar-refractivity contribution in [1.29, 1.82) is 5.41 Å². The summed E-state index contributed by atoms with van der Waals surface area (Å²) in [5, 5.41) is 17.3. The molecule has 0 aromatic heterocycles. The molecule has 0 saturated heterocycles. The van der Waals surface area contributed by atoms with Gasteiger partial charge in [0.2, 0.25) is 0 Å². The van der Waals surface area contributed by atoms with E-state index in [9.17, 15) is 5.11 Å². The van der Waals surface area contributed by atoms with Crippen LogP contribution >= 0.6 is 0 Å². The molecule has 0 bridgehead atoms. The smallest absolute Gasteiger partial charge is 0.141 e. The number of nitrogens with one attached hydrogen (secondary N) is 1. The van der Waals surface area contributed by atoms with Crippen LogP contribution < -0.4 is 0 Å². The average molecular weight is 212 g/mol. The third-order valence-electron chi connectivity index (χ3n) is 2.28. The molecule has 0 radical (unpaired) electrons. The van der Waals surface area contributed by atoms with Crippen LogP contribution in [-0.2, 0) is 0 Å². The molecule has 2 rings (SSSR count). The summed E-state index contributed by atoms with van der Waals surface area (Å²) in [5.41, 5.74) is 2.44. The van der Waals surface area contributed by atoms with Gasteiger partial charge in [0.25, 0.3) is 0 Å². The lowest BCUT2D eigenvalue weighted by molar-refractivity contribution is 0.477. The summed E-state index contributed by atoms with van der Waals surface area (Å²) in [7, 11) is 0. The van der Waals surface area contributed by atoms with E-state index in [0.717, 1.165) is 5.56 Å². The first-order valence-electron chi connectivity index (χ1n) is 4.99. The van der Waals surface area contributed by atoms with Crippen molar-refractivity contribution in [3.8, 4) is 5.75 Å². The van der Waals surface area contributed by atoms with Crippen LogP contribution in [0.5, 0.6) is 5.75 Å². The number of nitrogens with zero attached hydrogens (tertiary/aromatic N) is 1. The highest BCUT2D eigenvalue weighted by Crippen LogP contribution is 2.27. The third kappa shape index (κ3) is 2.08. The Morgan fingerprint density at radius 2 is 1.94 bits per heavy atom. The van der Waals surface area contributed by atoms with Gasteiger partial charge in [0.05, 0.1) is 11.4 Å². The minimum Gasteiger partial charge on any atom is -0.506 e. The largest absolute Gasteiger partial charge is 0.506 e. The van der Waals surface area contributed by atoms with E-state index in [0.29, 0.717) is 17.1 Å². The number of allylic oxidation sites excluding steroid dienone is 4. The lowest BCUT2D eigenvalue weighted by Crippen LogP contribution is -2.08. The molecule has 1 aliphatic rings. The van der Waals surface area contributed by atoms with E-state index in [1.54, 1.807) is 30.4 Å². The first kappa shape index (κ1) is 10.4. The summed E-state index contributed by atoms with van der Waals surface area (Å²) in [4.78, 5) is 4.26. The molecule has 16 heavy (non-hydrogen) atoms. The van der Waals surface area contributed by atoms with Gasteiger partial charge in [-0.3, -0.25) is 5.41 Å². The zero-order valence-electron chi connectivity index (χ0n) is 8.94. The number of hydrogen-bond acceptors (Lipinski definition) is 3. The van der Waals surface area contributed by atoms with Crippen molar-refractivity contribution >= 4 is 17.1 Å². The Balaban J connectivity index is 2.43. The van der Waals surface area contributed by atoms with Gasteiger partial charge in [-0.25, -0.2) is 4.99 Å². The second-order valence-electron chi connectivity index (χ2n) is 3.62. The van der Waals surface area contributed by atoms with E-state index >= 15 is 0 Å². The van der Waals surface area contributed by atoms with E-state index in [4.69, 9.17) is 5.41 Å². The Labute approximate surface area is 94.0 Å². The van der Waals surface area contributed by atoms with Gasteiger partial charge >= 0.3 is 0 Å². The summed E-state index contributed by atoms with van der Waals surface area (Å²) in [5.74, 6) is 0.133. The fourth-order valence-corrected chi connectivity index (χ4v) is 1.42. The summed E-state index contributed by atoms with van der Waals surface area (Å²) < 4.78 is 0. The van der Waals surface area contributed by atoms with Gasteiger partial charge < -0.3 is 5.11 Å². The van der Waals surface area contributed by atoms with Crippen LogP contribution in [0.25, 0.3) is 0 Å². The van der Waals surface area contributed by atoms with E-state index in [2.05, 4.69) is 4.99 Å². The summed E-state index contributed by atoms with van der Waals surface area (Å²) in [6, 6.07) is 5.23. The minimum absolute atomic E-state index is 0.133. The van der Waals surface area contributed by atoms with Crippen molar-refractivity contribution in [3.63, 3.8) is 0 Å². The van der Waals surface area contributed by atoms with E-state index in [1.165, 1.54) is 0 Å². The molecule has 0 fully saturated rings. The summed E-state index contributed by atoms with van der Waals surface area (Å²) >= 11 is 0. The van der Waals surface area contributed by atoms with Crippen molar-refractivity contribution in [2.45, 2.75) is 6.92 Å². The molecular weight excluding hydrogens is 200 g/mol. The molecule has 1 aliphatic carbocycles. The van der Waals surface area contributed by atoms with Crippen molar-refractivity contribution < 1.29 is 5.11 Å². The van der Waals surface area contributed by atoms with E-state index in [1.807, 2.05) is 19.1 Å². The molecule has 0 heterocycles. The molecule has 2 N–H and O–H groups in total. The van der Waals surface area contributed by atoms with Crippen LogP contribution in [0.15, 0.2) is 47.5 Å². The second kappa shape index (κ2) is 4.14. The highest BCUT2D eigenvalue weighted by Gasteiger charge is 2.06. The maximum atomic E-state index is 9.63. The first-order valence-corrected chi connectivity index (χ1v) is 4.99. The summed E-state index contributed by atoms with van der Waals surface area (Å²) in [6.07, 6.45) is 7.04. The highest BCUT2D eigenvalue weighted by atomic mass is 16.3. The molecule has 0 unspecified atom stereocenters. The van der Waals surface area contributed by atoms with Crippen molar-refractivity contribution in [1.82, 2.24) is 0 Å². The topological polar surface area (TPSA) is 56.4 Å². The SMILES string of the molecule is Cc1ccc(O)c(/N=C2/C=CC=CC2=N)c1. The van der Waals surface area contributed by atoms with Crippen LogP contribution in [0.4, 0.5) is 5.69 Å². The van der Waals surface area contributed by atoms with Crippen LogP contribution in [0, 0.1) is 12.3 Å². The predicted molar refractivity (Wildman–Crippen MR) is 65.9 cm³/mol. The number of aliphatic imine (C=N–C) groups is 1. The Bertz CT molecular complexity index is 525. The number of benzene rings is 1. The lowest BCUT2D eigenvalue weighted by atomic mass is 10.1. The summed E-state index contributed by atoms with van der Waals surface area (Å²) in [6.45, 7) is 1.94.